The standard InChI is InChI=1S/C19H32N4O3.HI/c1-4-22(5-2)8-13-26-17-7-6-16(14-18(17)24-3)15-21-19(20)23-9-11-25-12-10-23;/h6-7,14H,4-5,8-13,15H2,1-3H3,(H2,20,21);1H. The zero-order valence-corrected chi connectivity index (χ0v) is 19.0. The highest BCUT2D eigenvalue weighted by atomic mass is 127. The highest BCUT2D eigenvalue weighted by Crippen LogP contribution is 2.28. The Morgan fingerprint density at radius 3 is 2.56 bits per heavy atom. The highest BCUT2D eigenvalue weighted by molar-refractivity contribution is 14.0. The van der Waals surface area contributed by atoms with E-state index in [0.717, 1.165) is 49.8 Å². The van der Waals surface area contributed by atoms with Crippen LogP contribution in [0.2, 0.25) is 0 Å². The molecule has 2 rings (SSSR count). The van der Waals surface area contributed by atoms with E-state index in [0.29, 0.717) is 32.3 Å². The minimum atomic E-state index is 0. The number of hydrogen-bond acceptors (Lipinski definition) is 5. The van der Waals surface area contributed by atoms with E-state index >= 15 is 0 Å². The topological polar surface area (TPSA) is 72.5 Å². The second kappa shape index (κ2) is 13.0. The van der Waals surface area contributed by atoms with Crippen LogP contribution in [0.1, 0.15) is 19.4 Å². The molecule has 1 aliphatic rings. The molecule has 0 amide bonds. The summed E-state index contributed by atoms with van der Waals surface area (Å²) in [6.07, 6.45) is 0. The quantitative estimate of drug-likeness (QED) is 0.324. The summed E-state index contributed by atoms with van der Waals surface area (Å²) >= 11 is 0. The van der Waals surface area contributed by atoms with E-state index in [9.17, 15) is 0 Å². The number of nitrogens with zero attached hydrogens (tertiary/aromatic N) is 3. The maximum atomic E-state index is 6.08. The van der Waals surface area contributed by atoms with Crippen LogP contribution in [0, 0.1) is 0 Å². The summed E-state index contributed by atoms with van der Waals surface area (Å²) in [7, 11) is 1.65. The van der Waals surface area contributed by atoms with Gasteiger partial charge in [-0.25, -0.2) is 4.99 Å². The summed E-state index contributed by atoms with van der Waals surface area (Å²) < 4.78 is 16.7. The van der Waals surface area contributed by atoms with E-state index in [4.69, 9.17) is 19.9 Å². The summed E-state index contributed by atoms with van der Waals surface area (Å²) in [5, 5.41) is 0. The Balaban J connectivity index is 0.00000364. The van der Waals surface area contributed by atoms with Crippen LogP contribution in [-0.4, -0.2) is 75.4 Å². The average molecular weight is 492 g/mol. The van der Waals surface area contributed by atoms with Gasteiger partial charge >= 0.3 is 0 Å². The number of methoxy groups -OCH3 is 1. The van der Waals surface area contributed by atoms with E-state index in [1.54, 1.807) is 7.11 Å². The van der Waals surface area contributed by atoms with Crippen molar-refractivity contribution in [1.29, 1.82) is 0 Å². The van der Waals surface area contributed by atoms with Crippen molar-refractivity contribution in [3.05, 3.63) is 23.8 Å². The fourth-order valence-corrected chi connectivity index (χ4v) is 2.82. The van der Waals surface area contributed by atoms with Crippen LogP contribution < -0.4 is 15.2 Å². The van der Waals surface area contributed by atoms with Crippen molar-refractivity contribution < 1.29 is 14.2 Å². The fourth-order valence-electron chi connectivity index (χ4n) is 2.82. The minimum Gasteiger partial charge on any atom is -0.493 e. The van der Waals surface area contributed by atoms with E-state index in [1.807, 2.05) is 23.1 Å². The Labute approximate surface area is 179 Å². The van der Waals surface area contributed by atoms with Gasteiger partial charge in [-0.1, -0.05) is 19.9 Å². The average Bonchev–Trinajstić information content (AvgIpc) is 2.70. The smallest absolute Gasteiger partial charge is 0.191 e. The van der Waals surface area contributed by atoms with Crippen LogP contribution in [0.25, 0.3) is 0 Å². The fraction of sp³-hybridized carbons (Fsp3) is 0.632. The van der Waals surface area contributed by atoms with Crippen molar-refractivity contribution in [3.63, 3.8) is 0 Å². The molecule has 1 fully saturated rings. The van der Waals surface area contributed by atoms with Crippen molar-refractivity contribution in [2.75, 3.05) is 59.7 Å². The van der Waals surface area contributed by atoms with E-state index in [-0.39, 0.29) is 24.0 Å². The van der Waals surface area contributed by atoms with Gasteiger partial charge in [0.25, 0.3) is 0 Å². The van der Waals surface area contributed by atoms with Crippen LogP contribution in [-0.2, 0) is 11.3 Å². The van der Waals surface area contributed by atoms with Gasteiger partial charge in [0.15, 0.2) is 17.5 Å². The number of likely N-dealkylation sites (N-methyl/N-ethyl adjacent to an activating group) is 1. The molecule has 2 N–H and O–H groups in total. The SMILES string of the molecule is CCN(CC)CCOc1ccc(CN=C(N)N2CCOCC2)cc1OC.I. The van der Waals surface area contributed by atoms with Crippen LogP contribution in [0.15, 0.2) is 23.2 Å². The molecule has 0 unspecified atom stereocenters. The van der Waals surface area contributed by atoms with Gasteiger partial charge in [-0.15, -0.1) is 24.0 Å². The van der Waals surface area contributed by atoms with Crippen molar-refractivity contribution in [2.24, 2.45) is 10.7 Å². The van der Waals surface area contributed by atoms with E-state index in [2.05, 4.69) is 23.7 Å². The number of morpholine rings is 1. The number of hydrogen-bond donors (Lipinski definition) is 1. The molecule has 0 aromatic heterocycles. The monoisotopic (exact) mass is 492 g/mol. The Bertz CT molecular complexity index is 576. The summed E-state index contributed by atoms with van der Waals surface area (Å²) in [6, 6.07) is 5.91. The zero-order chi connectivity index (χ0) is 18.8. The third-order valence-corrected chi connectivity index (χ3v) is 4.55. The molecule has 27 heavy (non-hydrogen) atoms. The lowest BCUT2D eigenvalue weighted by molar-refractivity contribution is 0.0674. The maximum Gasteiger partial charge on any atom is 0.191 e. The molecule has 1 aromatic rings. The second-order valence-electron chi connectivity index (χ2n) is 6.13. The first-order valence-corrected chi connectivity index (χ1v) is 9.32. The lowest BCUT2D eigenvalue weighted by Crippen LogP contribution is -2.44. The summed E-state index contributed by atoms with van der Waals surface area (Å²) in [5.41, 5.74) is 7.11. The van der Waals surface area contributed by atoms with Crippen molar-refractivity contribution in [2.45, 2.75) is 20.4 Å². The predicted octanol–water partition coefficient (Wildman–Crippen LogP) is 2.18. The van der Waals surface area contributed by atoms with Gasteiger partial charge in [-0.3, -0.25) is 0 Å². The van der Waals surface area contributed by atoms with Gasteiger partial charge in [0, 0.05) is 19.6 Å². The maximum absolute atomic E-state index is 6.08. The first-order chi connectivity index (χ1) is 12.7. The molecule has 1 saturated heterocycles. The normalized spacial score (nSPS) is 14.8. The predicted molar refractivity (Wildman–Crippen MR) is 119 cm³/mol. The van der Waals surface area contributed by atoms with Gasteiger partial charge in [0.05, 0.1) is 26.9 Å². The molecule has 7 nitrogen and oxygen atoms in total. The molecular weight excluding hydrogens is 459 g/mol. The third kappa shape index (κ3) is 7.71. The summed E-state index contributed by atoms with van der Waals surface area (Å²) in [4.78, 5) is 8.86. The van der Waals surface area contributed by atoms with Crippen LogP contribution in [0.3, 0.4) is 0 Å². The number of halogens is 1. The van der Waals surface area contributed by atoms with Crippen LogP contribution in [0.5, 0.6) is 11.5 Å². The molecule has 0 saturated carbocycles. The Hall–Kier alpha value is -1.26. The Morgan fingerprint density at radius 1 is 1.22 bits per heavy atom. The first-order valence-electron chi connectivity index (χ1n) is 9.32. The third-order valence-electron chi connectivity index (χ3n) is 4.55. The number of nitrogens with two attached hydrogens (primary N) is 1. The van der Waals surface area contributed by atoms with Gasteiger partial charge < -0.3 is 29.7 Å². The van der Waals surface area contributed by atoms with E-state index in [1.165, 1.54) is 0 Å². The van der Waals surface area contributed by atoms with Crippen molar-refractivity contribution >= 4 is 29.9 Å². The van der Waals surface area contributed by atoms with E-state index < -0.39 is 0 Å². The molecular formula is C19H33IN4O3. The largest absolute Gasteiger partial charge is 0.493 e. The lowest BCUT2D eigenvalue weighted by atomic mass is 10.2. The molecule has 8 heteroatoms. The number of guanidine groups is 1. The Morgan fingerprint density at radius 2 is 1.93 bits per heavy atom. The molecule has 154 valence electrons. The van der Waals surface area contributed by atoms with Crippen LogP contribution >= 0.6 is 24.0 Å². The molecule has 1 heterocycles. The van der Waals surface area contributed by atoms with Gasteiger partial charge in [-0.05, 0) is 30.8 Å². The number of aliphatic imine (C=N–C) groups is 1. The van der Waals surface area contributed by atoms with Gasteiger partial charge in [-0.2, -0.15) is 0 Å². The molecule has 0 aliphatic carbocycles. The summed E-state index contributed by atoms with van der Waals surface area (Å²) in [6.45, 7) is 11.4. The molecule has 0 spiro atoms. The van der Waals surface area contributed by atoms with Crippen molar-refractivity contribution in [1.82, 2.24) is 9.80 Å². The molecule has 1 aliphatic heterocycles. The van der Waals surface area contributed by atoms with Crippen molar-refractivity contribution in [3.8, 4) is 11.5 Å². The number of benzene rings is 1. The second-order valence-corrected chi connectivity index (χ2v) is 6.13. The minimum absolute atomic E-state index is 0. The lowest BCUT2D eigenvalue weighted by Gasteiger charge is -2.27. The van der Waals surface area contributed by atoms with Gasteiger partial charge in [0.2, 0.25) is 0 Å². The number of rotatable bonds is 9. The number of ether oxygens (including phenoxy) is 3. The summed E-state index contributed by atoms with van der Waals surface area (Å²) in [5.74, 6) is 2.04. The first kappa shape index (κ1) is 23.8. The van der Waals surface area contributed by atoms with Gasteiger partial charge in [0.1, 0.15) is 6.61 Å². The molecule has 1 aromatic carbocycles. The molecule has 0 atom stereocenters. The van der Waals surface area contributed by atoms with Crippen LogP contribution in [0.4, 0.5) is 0 Å². The zero-order valence-electron chi connectivity index (χ0n) is 16.6. The highest BCUT2D eigenvalue weighted by Gasteiger charge is 2.12. The molecule has 0 bridgehead atoms. The Kier molecular flexibility index (Phi) is 11.5. The molecule has 0 radical (unpaired) electrons.